The van der Waals surface area contributed by atoms with Crippen LogP contribution in [-0.4, -0.2) is 9.67 Å². The van der Waals surface area contributed by atoms with E-state index in [0.717, 1.165) is 11.4 Å². The number of nitrogens with zero attached hydrogens (tertiary/aromatic N) is 2. The minimum Gasteiger partial charge on any atom is -0.375 e. The van der Waals surface area contributed by atoms with Crippen molar-refractivity contribution in [3.05, 3.63) is 53.3 Å². The lowest BCUT2D eigenvalue weighted by Crippen LogP contribution is -2.05. The van der Waals surface area contributed by atoms with Gasteiger partial charge in [-0.3, -0.25) is 0 Å². The molecule has 2 rings (SSSR count). The fourth-order valence-corrected chi connectivity index (χ4v) is 1.90. The zero-order valence-electron chi connectivity index (χ0n) is 9.96. The van der Waals surface area contributed by atoms with Gasteiger partial charge in [0.2, 0.25) is 0 Å². The second kappa shape index (κ2) is 4.79. The molecular formula is C15H12N2O. The van der Waals surface area contributed by atoms with Crippen molar-refractivity contribution in [2.24, 2.45) is 0 Å². The van der Waals surface area contributed by atoms with Crippen molar-refractivity contribution < 1.29 is 5.11 Å². The van der Waals surface area contributed by atoms with Gasteiger partial charge in [-0.05, 0) is 43.3 Å². The van der Waals surface area contributed by atoms with E-state index in [1.165, 1.54) is 0 Å². The summed E-state index contributed by atoms with van der Waals surface area (Å²) in [6.07, 6.45) is 4.31. The van der Waals surface area contributed by atoms with Crippen molar-refractivity contribution in [2.75, 3.05) is 0 Å². The van der Waals surface area contributed by atoms with Crippen LogP contribution in [0.25, 0.3) is 5.69 Å². The predicted octanol–water partition coefficient (Wildman–Crippen LogP) is 2.32. The number of aliphatic hydroxyl groups excluding tert-OH is 1. The number of hydrogen-bond donors (Lipinski definition) is 1. The molecule has 0 aliphatic rings. The van der Waals surface area contributed by atoms with Gasteiger partial charge in [-0.25, -0.2) is 0 Å². The van der Waals surface area contributed by atoms with Crippen LogP contribution in [0.2, 0.25) is 0 Å². The Morgan fingerprint density at radius 3 is 2.44 bits per heavy atom. The molecule has 1 heterocycles. The van der Waals surface area contributed by atoms with Gasteiger partial charge in [-0.1, -0.05) is 5.92 Å². The summed E-state index contributed by atoms with van der Waals surface area (Å²) >= 11 is 0. The molecule has 1 aromatic heterocycles. The monoisotopic (exact) mass is 236 g/mol. The average molecular weight is 236 g/mol. The Bertz CT molecular complexity index is 639. The van der Waals surface area contributed by atoms with Crippen LogP contribution < -0.4 is 0 Å². The maximum Gasteiger partial charge on any atom is 0.155 e. The molecule has 0 saturated heterocycles. The van der Waals surface area contributed by atoms with Gasteiger partial charge in [0.15, 0.2) is 6.10 Å². The third kappa shape index (κ3) is 2.00. The van der Waals surface area contributed by atoms with E-state index in [2.05, 4.69) is 12.0 Å². The third-order valence-corrected chi connectivity index (χ3v) is 2.80. The standard InChI is InChI=1S/C15H12N2O/c1-3-15(18)14-9-4-11(2)17(14)13-7-5-12(10-16)6-8-13/h1,4-9,15,18H,2H3. The number of benzene rings is 1. The molecule has 0 spiro atoms. The van der Waals surface area contributed by atoms with Crippen LogP contribution in [0.1, 0.15) is 23.1 Å². The minimum atomic E-state index is -0.936. The van der Waals surface area contributed by atoms with Gasteiger partial charge in [0, 0.05) is 11.4 Å². The fraction of sp³-hybridized carbons (Fsp3) is 0.133. The van der Waals surface area contributed by atoms with Crippen molar-refractivity contribution >= 4 is 0 Å². The first-order valence-corrected chi connectivity index (χ1v) is 5.50. The van der Waals surface area contributed by atoms with Crippen molar-refractivity contribution in [1.29, 1.82) is 5.26 Å². The van der Waals surface area contributed by atoms with Gasteiger partial charge in [-0.2, -0.15) is 5.26 Å². The smallest absolute Gasteiger partial charge is 0.155 e. The summed E-state index contributed by atoms with van der Waals surface area (Å²) < 4.78 is 1.88. The van der Waals surface area contributed by atoms with E-state index in [1.807, 2.05) is 29.7 Å². The average Bonchev–Trinajstić information content (AvgIpc) is 2.80. The SMILES string of the molecule is C#CC(O)c1ccc(C)n1-c1ccc(C#N)cc1. The first kappa shape index (κ1) is 12.0. The molecule has 1 atom stereocenters. The predicted molar refractivity (Wildman–Crippen MR) is 69.0 cm³/mol. The van der Waals surface area contributed by atoms with Crippen LogP contribution in [0, 0.1) is 30.6 Å². The lowest BCUT2D eigenvalue weighted by atomic mass is 10.2. The van der Waals surface area contributed by atoms with Crippen molar-refractivity contribution in [1.82, 2.24) is 4.57 Å². The molecule has 1 unspecified atom stereocenters. The Labute approximate surface area is 106 Å². The molecule has 1 aromatic carbocycles. The summed E-state index contributed by atoms with van der Waals surface area (Å²) in [5.41, 5.74) is 3.10. The lowest BCUT2D eigenvalue weighted by molar-refractivity contribution is 0.231. The molecule has 0 bridgehead atoms. The Morgan fingerprint density at radius 2 is 1.89 bits per heavy atom. The van der Waals surface area contributed by atoms with E-state index < -0.39 is 6.10 Å². The Balaban J connectivity index is 2.53. The van der Waals surface area contributed by atoms with E-state index in [1.54, 1.807) is 18.2 Å². The number of aryl methyl sites for hydroxylation is 1. The van der Waals surface area contributed by atoms with E-state index in [-0.39, 0.29) is 0 Å². The summed E-state index contributed by atoms with van der Waals surface area (Å²) in [5.74, 6) is 2.31. The van der Waals surface area contributed by atoms with E-state index in [9.17, 15) is 5.11 Å². The zero-order chi connectivity index (χ0) is 13.1. The Kier molecular flexibility index (Phi) is 3.19. The molecule has 0 aliphatic heterocycles. The molecule has 3 nitrogen and oxygen atoms in total. The summed E-state index contributed by atoms with van der Waals surface area (Å²) in [7, 11) is 0. The molecule has 0 aliphatic carbocycles. The van der Waals surface area contributed by atoms with Gasteiger partial charge < -0.3 is 9.67 Å². The molecule has 0 saturated carbocycles. The van der Waals surface area contributed by atoms with Gasteiger partial charge in [-0.15, -0.1) is 6.42 Å². The van der Waals surface area contributed by atoms with Gasteiger partial charge in [0.1, 0.15) is 0 Å². The number of aromatic nitrogens is 1. The highest BCUT2D eigenvalue weighted by Gasteiger charge is 2.13. The van der Waals surface area contributed by atoms with Crippen molar-refractivity contribution in [3.8, 4) is 24.1 Å². The number of terminal acetylenes is 1. The molecular weight excluding hydrogens is 224 g/mol. The number of hydrogen-bond acceptors (Lipinski definition) is 2. The van der Waals surface area contributed by atoms with E-state index >= 15 is 0 Å². The molecule has 3 heteroatoms. The number of nitriles is 1. The highest BCUT2D eigenvalue weighted by molar-refractivity contribution is 5.43. The van der Waals surface area contributed by atoms with Crippen LogP contribution in [-0.2, 0) is 0 Å². The maximum absolute atomic E-state index is 9.78. The largest absolute Gasteiger partial charge is 0.375 e. The summed E-state index contributed by atoms with van der Waals surface area (Å²) in [6.45, 7) is 1.94. The third-order valence-electron chi connectivity index (χ3n) is 2.80. The first-order valence-electron chi connectivity index (χ1n) is 5.50. The Morgan fingerprint density at radius 1 is 1.22 bits per heavy atom. The molecule has 88 valence electrons. The van der Waals surface area contributed by atoms with E-state index in [4.69, 9.17) is 11.7 Å². The summed E-state index contributed by atoms with van der Waals surface area (Å²) in [6, 6.07) is 12.9. The topological polar surface area (TPSA) is 49.0 Å². The summed E-state index contributed by atoms with van der Waals surface area (Å²) in [4.78, 5) is 0. The van der Waals surface area contributed by atoms with E-state index in [0.29, 0.717) is 11.3 Å². The molecule has 0 radical (unpaired) electrons. The second-order valence-corrected chi connectivity index (χ2v) is 3.96. The van der Waals surface area contributed by atoms with Gasteiger partial charge in [0.25, 0.3) is 0 Å². The molecule has 0 amide bonds. The maximum atomic E-state index is 9.78. The zero-order valence-corrected chi connectivity index (χ0v) is 9.96. The summed E-state index contributed by atoms with van der Waals surface area (Å²) in [5, 5.41) is 18.5. The molecule has 2 aromatic rings. The van der Waals surface area contributed by atoms with Crippen LogP contribution in [0.5, 0.6) is 0 Å². The van der Waals surface area contributed by atoms with Gasteiger partial charge in [0.05, 0.1) is 17.3 Å². The normalized spacial score (nSPS) is 11.6. The second-order valence-electron chi connectivity index (χ2n) is 3.96. The lowest BCUT2D eigenvalue weighted by Gasteiger charge is -2.13. The molecule has 0 fully saturated rings. The van der Waals surface area contributed by atoms with Crippen LogP contribution >= 0.6 is 0 Å². The number of rotatable bonds is 2. The highest BCUT2D eigenvalue weighted by atomic mass is 16.3. The fourth-order valence-electron chi connectivity index (χ4n) is 1.90. The molecule has 18 heavy (non-hydrogen) atoms. The van der Waals surface area contributed by atoms with Crippen LogP contribution in [0.15, 0.2) is 36.4 Å². The Hall–Kier alpha value is -2.49. The quantitative estimate of drug-likeness (QED) is 0.813. The highest BCUT2D eigenvalue weighted by Crippen LogP contribution is 2.22. The van der Waals surface area contributed by atoms with Crippen molar-refractivity contribution in [2.45, 2.75) is 13.0 Å². The number of aliphatic hydroxyl groups is 1. The first-order chi connectivity index (χ1) is 8.67. The van der Waals surface area contributed by atoms with Crippen molar-refractivity contribution in [3.63, 3.8) is 0 Å². The van der Waals surface area contributed by atoms with Crippen LogP contribution in [0.3, 0.4) is 0 Å². The van der Waals surface area contributed by atoms with Crippen LogP contribution in [0.4, 0.5) is 0 Å². The minimum absolute atomic E-state index is 0.600. The molecule has 1 N–H and O–H groups in total. The van der Waals surface area contributed by atoms with Gasteiger partial charge >= 0.3 is 0 Å².